The molecule has 0 aromatic heterocycles. The van der Waals surface area contributed by atoms with Gasteiger partial charge < -0.3 is 17.7 Å². The fourth-order valence-corrected chi connectivity index (χ4v) is 1.39. The first-order valence-corrected chi connectivity index (χ1v) is 4.77. The van der Waals surface area contributed by atoms with Crippen molar-refractivity contribution in [2.75, 3.05) is 7.11 Å². The van der Waals surface area contributed by atoms with Crippen LogP contribution >= 0.6 is 11.6 Å². The molecule has 1 aromatic rings. The van der Waals surface area contributed by atoms with E-state index in [2.05, 4.69) is 4.74 Å². The first-order valence-electron chi connectivity index (χ1n) is 4.39. The molecule has 1 aromatic carbocycles. The number of carbonyl (C=O) groups is 1. The summed E-state index contributed by atoms with van der Waals surface area (Å²) in [6.07, 6.45) is -0.138. The first kappa shape index (κ1) is 17.5. The number of benzene rings is 1. The Bertz CT molecular complexity index is 412. The van der Waals surface area contributed by atoms with E-state index < -0.39 is 18.4 Å². The van der Waals surface area contributed by atoms with Crippen LogP contribution in [0, 0.1) is 0 Å². The summed E-state index contributed by atoms with van der Waals surface area (Å²) in [4.78, 5) is 10.9. The van der Waals surface area contributed by atoms with Crippen LogP contribution in [0.1, 0.15) is 5.56 Å². The number of esters is 1. The molecule has 0 amide bonds. The second kappa shape index (κ2) is 7.16. The second-order valence-electron chi connectivity index (χ2n) is 3.18. The Kier molecular flexibility index (Phi) is 7.36. The van der Waals surface area contributed by atoms with Crippen molar-refractivity contribution in [3.8, 4) is 0 Å². The van der Waals surface area contributed by atoms with Crippen molar-refractivity contribution in [2.45, 2.75) is 6.42 Å². The van der Waals surface area contributed by atoms with Crippen LogP contribution in [0.25, 0.3) is 0 Å². The standard InChI is InChI=1S/C9H8BClF3O2.K/c1-16-9(15)4-6-2-3-7(5-8(6)11)10(12,13)14;/h2-3,5H,4H2,1H3;/q-1;+1. The van der Waals surface area contributed by atoms with Crippen LogP contribution < -0.4 is 56.8 Å². The van der Waals surface area contributed by atoms with Gasteiger partial charge >= 0.3 is 64.3 Å². The molecule has 0 aliphatic rings. The van der Waals surface area contributed by atoms with Crippen LogP contribution in [0.4, 0.5) is 12.9 Å². The number of methoxy groups -OCH3 is 1. The quantitative estimate of drug-likeness (QED) is 0.533. The van der Waals surface area contributed by atoms with Crippen LogP contribution in [0.3, 0.4) is 0 Å². The Morgan fingerprint density at radius 2 is 2.00 bits per heavy atom. The largest absolute Gasteiger partial charge is 1.00 e. The maximum atomic E-state index is 12.3. The monoisotopic (exact) mass is 290 g/mol. The Morgan fingerprint density at radius 1 is 1.41 bits per heavy atom. The van der Waals surface area contributed by atoms with E-state index in [1.54, 1.807) is 0 Å². The topological polar surface area (TPSA) is 26.3 Å². The van der Waals surface area contributed by atoms with Gasteiger partial charge in [-0.25, -0.2) is 0 Å². The Balaban J connectivity index is 0.00000256. The van der Waals surface area contributed by atoms with E-state index in [1.807, 2.05) is 0 Å². The van der Waals surface area contributed by atoms with E-state index in [-0.39, 0.29) is 62.8 Å². The molecule has 8 heteroatoms. The van der Waals surface area contributed by atoms with E-state index in [0.717, 1.165) is 12.1 Å². The van der Waals surface area contributed by atoms with Gasteiger partial charge in [0.1, 0.15) is 0 Å². The molecule has 0 aliphatic heterocycles. The van der Waals surface area contributed by atoms with Crippen molar-refractivity contribution in [1.29, 1.82) is 0 Å². The number of rotatable bonds is 3. The van der Waals surface area contributed by atoms with Gasteiger partial charge in [0, 0.05) is 5.02 Å². The predicted molar refractivity (Wildman–Crippen MR) is 55.9 cm³/mol. The summed E-state index contributed by atoms with van der Waals surface area (Å²) >= 11 is 5.64. The minimum Gasteiger partial charge on any atom is -0.469 e. The van der Waals surface area contributed by atoms with Crippen LogP contribution in [0.15, 0.2) is 18.2 Å². The Hall–Kier alpha value is 0.471. The van der Waals surface area contributed by atoms with Gasteiger partial charge in [0.25, 0.3) is 0 Å². The van der Waals surface area contributed by atoms with Crippen molar-refractivity contribution >= 4 is 30.0 Å². The van der Waals surface area contributed by atoms with E-state index in [0.29, 0.717) is 5.56 Å². The zero-order valence-corrected chi connectivity index (χ0v) is 13.2. The number of halogens is 4. The van der Waals surface area contributed by atoms with Gasteiger partial charge in [-0.2, -0.15) is 0 Å². The third-order valence-corrected chi connectivity index (χ3v) is 2.37. The van der Waals surface area contributed by atoms with Crippen molar-refractivity contribution in [3.05, 3.63) is 28.8 Å². The summed E-state index contributed by atoms with van der Waals surface area (Å²) in [7, 11) is 1.20. The third-order valence-electron chi connectivity index (χ3n) is 2.02. The fraction of sp³-hybridized carbons (Fsp3) is 0.222. The molecule has 0 saturated carbocycles. The molecule has 0 unspecified atom stereocenters. The van der Waals surface area contributed by atoms with E-state index >= 15 is 0 Å². The maximum Gasteiger partial charge on any atom is 1.00 e. The fourth-order valence-electron chi connectivity index (χ4n) is 1.14. The van der Waals surface area contributed by atoms with Gasteiger partial charge in [0.2, 0.25) is 0 Å². The van der Waals surface area contributed by atoms with Crippen molar-refractivity contribution in [2.24, 2.45) is 0 Å². The summed E-state index contributed by atoms with van der Waals surface area (Å²) in [6, 6.07) is 2.91. The molecule has 0 N–H and O–H groups in total. The van der Waals surface area contributed by atoms with Crippen molar-refractivity contribution < 1.29 is 73.9 Å². The molecule has 0 saturated heterocycles. The predicted octanol–water partition coefficient (Wildman–Crippen LogP) is -0.886. The third kappa shape index (κ3) is 5.32. The summed E-state index contributed by atoms with van der Waals surface area (Å²) in [5.74, 6) is -0.549. The average Bonchev–Trinajstić information content (AvgIpc) is 2.19. The van der Waals surface area contributed by atoms with Gasteiger partial charge in [0.05, 0.1) is 13.5 Å². The molecule has 0 bridgehead atoms. The smallest absolute Gasteiger partial charge is 0.469 e. The van der Waals surface area contributed by atoms with Crippen molar-refractivity contribution in [1.82, 2.24) is 0 Å². The SMILES string of the molecule is COC(=O)Cc1ccc([B-](F)(F)F)cc1Cl.[K+]. The molecule has 1 rings (SSSR count). The molecule has 17 heavy (non-hydrogen) atoms. The average molecular weight is 291 g/mol. The van der Waals surface area contributed by atoms with E-state index in [9.17, 15) is 17.7 Å². The Morgan fingerprint density at radius 3 is 2.41 bits per heavy atom. The van der Waals surface area contributed by atoms with Gasteiger partial charge in [-0.15, -0.1) is 5.46 Å². The van der Waals surface area contributed by atoms with E-state index in [4.69, 9.17) is 11.6 Å². The van der Waals surface area contributed by atoms with E-state index in [1.165, 1.54) is 13.2 Å². The zero-order valence-electron chi connectivity index (χ0n) is 9.34. The minimum absolute atomic E-state index is 0. The van der Waals surface area contributed by atoms with Gasteiger partial charge in [-0.1, -0.05) is 29.8 Å². The number of hydrogen-bond donors (Lipinski definition) is 0. The molecule has 0 heterocycles. The van der Waals surface area contributed by atoms with Crippen LogP contribution in [0.5, 0.6) is 0 Å². The molecule has 0 radical (unpaired) electrons. The molecule has 0 spiro atoms. The number of hydrogen-bond acceptors (Lipinski definition) is 2. The minimum atomic E-state index is -5.07. The summed E-state index contributed by atoms with van der Waals surface area (Å²) in [5, 5.41) is -0.0814. The number of ether oxygens (including phenoxy) is 1. The van der Waals surface area contributed by atoms with Crippen LogP contribution in [-0.4, -0.2) is 20.1 Å². The normalized spacial score (nSPS) is 10.6. The molecular formula is C9H8BClF3KO2. The van der Waals surface area contributed by atoms with Crippen LogP contribution in [-0.2, 0) is 16.0 Å². The molecule has 2 nitrogen and oxygen atoms in total. The van der Waals surface area contributed by atoms with Gasteiger partial charge in [0.15, 0.2) is 0 Å². The molecule has 0 atom stereocenters. The second-order valence-corrected chi connectivity index (χ2v) is 3.59. The van der Waals surface area contributed by atoms with Gasteiger partial charge in [-0.05, 0) is 5.56 Å². The summed E-state index contributed by atoms with van der Waals surface area (Å²) in [6.45, 7) is -5.07. The van der Waals surface area contributed by atoms with Crippen molar-refractivity contribution in [3.63, 3.8) is 0 Å². The molecule has 0 aliphatic carbocycles. The summed E-state index contributed by atoms with van der Waals surface area (Å²) in [5.41, 5.74) is -0.462. The first-order chi connectivity index (χ1) is 7.34. The molecular weight excluding hydrogens is 282 g/mol. The summed E-state index contributed by atoms with van der Waals surface area (Å²) < 4.78 is 41.4. The van der Waals surface area contributed by atoms with Crippen LogP contribution in [0.2, 0.25) is 5.02 Å². The Labute approximate surface area is 144 Å². The van der Waals surface area contributed by atoms with Gasteiger partial charge in [-0.3, -0.25) is 4.79 Å². The maximum absolute atomic E-state index is 12.3. The number of carbonyl (C=O) groups excluding carboxylic acids is 1. The molecule has 88 valence electrons. The zero-order chi connectivity index (χ0) is 12.3. The molecule has 0 fully saturated rings.